The Morgan fingerprint density at radius 1 is 1.33 bits per heavy atom. The van der Waals surface area contributed by atoms with E-state index in [-0.39, 0.29) is 5.82 Å². The van der Waals surface area contributed by atoms with Crippen molar-refractivity contribution >= 4 is 11.6 Å². The molecule has 3 heteroatoms. The summed E-state index contributed by atoms with van der Waals surface area (Å²) in [6, 6.07) is 5.07. The predicted molar refractivity (Wildman–Crippen MR) is 76.7 cm³/mol. The van der Waals surface area contributed by atoms with Crippen molar-refractivity contribution in [1.29, 1.82) is 0 Å². The largest absolute Gasteiger partial charge is 0.314 e. The first-order valence-electron chi connectivity index (χ1n) is 6.75. The van der Waals surface area contributed by atoms with Crippen molar-refractivity contribution < 1.29 is 4.39 Å². The van der Waals surface area contributed by atoms with E-state index in [2.05, 4.69) is 26.1 Å². The molecule has 0 radical (unpaired) electrons. The van der Waals surface area contributed by atoms with Crippen LogP contribution >= 0.6 is 11.6 Å². The molecule has 1 aromatic carbocycles. The first-order valence-corrected chi connectivity index (χ1v) is 7.13. The van der Waals surface area contributed by atoms with Crippen LogP contribution in [0.1, 0.15) is 39.2 Å². The molecule has 2 unspecified atom stereocenters. The van der Waals surface area contributed by atoms with Crippen molar-refractivity contribution in [2.24, 2.45) is 5.92 Å². The molecule has 0 saturated carbocycles. The summed E-state index contributed by atoms with van der Waals surface area (Å²) < 4.78 is 13.0. The van der Waals surface area contributed by atoms with Gasteiger partial charge in [0, 0.05) is 11.1 Å². The molecule has 0 amide bonds. The SMILES string of the molecule is CCCC(C)C(Cc1ccc(F)cc1Cl)NCC. The number of nitrogens with one attached hydrogen (secondary N) is 1. The third-order valence-electron chi connectivity index (χ3n) is 3.35. The first kappa shape index (κ1) is 15.5. The molecule has 1 rings (SSSR count). The van der Waals surface area contributed by atoms with Crippen LogP contribution in [0.25, 0.3) is 0 Å². The van der Waals surface area contributed by atoms with Crippen LogP contribution in [0.3, 0.4) is 0 Å². The summed E-state index contributed by atoms with van der Waals surface area (Å²) >= 11 is 6.09. The zero-order valence-corrected chi connectivity index (χ0v) is 12.2. The molecule has 2 atom stereocenters. The maximum atomic E-state index is 13.0. The van der Waals surface area contributed by atoms with E-state index in [1.807, 2.05) is 0 Å². The highest BCUT2D eigenvalue weighted by Crippen LogP contribution is 2.22. The van der Waals surface area contributed by atoms with E-state index in [9.17, 15) is 4.39 Å². The molecule has 0 fully saturated rings. The minimum Gasteiger partial charge on any atom is -0.314 e. The van der Waals surface area contributed by atoms with Crippen LogP contribution < -0.4 is 5.32 Å². The van der Waals surface area contributed by atoms with E-state index < -0.39 is 0 Å². The Bertz CT molecular complexity index is 368. The summed E-state index contributed by atoms with van der Waals surface area (Å²) in [5.41, 5.74) is 1.02. The van der Waals surface area contributed by atoms with Gasteiger partial charge in [0.2, 0.25) is 0 Å². The number of likely N-dealkylation sites (N-methyl/N-ethyl adjacent to an activating group) is 1. The molecular weight excluding hydrogens is 249 g/mol. The van der Waals surface area contributed by atoms with Crippen molar-refractivity contribution in [3.05, 3.63) is 34.6 Å². The van der Waals surface area contributed by atoms with Gasteiger partial charge in [-0.15, -0.1) is 0 Å². The second-order valence-electron chi connectivity index (χ2n) is 4.87. The van der Waals surface area contributed by atoms with Crippen LogP contribution in [0.15, 0.2) is 18.2 Å². The lowest BCUT2D eigenvalue weighted by Crippen LogP contribution is -2.36. The van der Waals surface area contributed by atoms with E-state index in [0.717, 1.165) is 18.5 Å². The topological polar surface area (TPSA) is 12.0 Å². The molecule has 1 N–H and O–H groups in total. The summed E-state index contributed by atoms with van der Waals surface area (Å²) in [5, 5.41) is 4.03. The number of rotatable bonds is 7. The zero-order chi connectivity index (χ0) is 13.5. The van der Waals surface area contributed by atoms with Gasteiger partial charge in [0.25, 0.3) is 0 Å². The Labute approximate surface area is 115 Å². The molecule has 0 heterocycles. The molecule has 1 aromatic rings. The van der Waals surface area contributed by atoms with Gasteiger partial charge in [-0.25, -0.2) is 4.39 Å². The quantitative estimate of drug-likeness (QED) is 0.773. The van der Waals surface area contributed by atoms with Gasteiger partial charge in [0.1, 0.15) is 5.82 Å². The maximum Gasteiger partial charge on any atom is 0.124 e. The fourth-order valence-corrected chi connectivity index (χ4v) is 2.56. The maximum absolute atomic E-state index is 13.0. The van der Waals surface area contributed by atoms with Gasteiger partial charge < -0.3 is 5.32 Å². The van der Waals surface area contributed by atoms with E-state index in [0.29, 0.717) is 17.0 Å². The molecule has 0 bridgehead atoms. The monoisotopic (exact) mass is 271 g/mol. The zero-order valence-electron chi connectivity index (χ0n) is 11.5. The summed E-state index contributed by atoms with van der Waals surface area (Å²) in [6.07, 6.45) is 3.23. The van der Waals surface area contributed by atoms with E-state index in [1.165, 1.54) is 25.0 Å². The molecule has 1 nitrogen and oxygen atoms in total. The summed E-state index contributed by atoms with van der Waals surface area (Å²) in [7, 11) is 0. The van der Waals surface area contributed by atoms with Gasteiger partial charge in [-0.1, -0.05) is 44.9 Å². The van der Waals surface area contributed by atoms with Gasteiger partial charge in [0.05, 0.1) is 0 Å². The molecule has 0 aliphatic carbocycles. The first-order chi connectivity index (χ1) is 8.58. The summed E-state index contributed by atoms with van der Waals surface area (Å²) in [4.78, 5) is 0. The van der Waals surface area contributed by atoms with Crippen LogP contribution in [0.5, 0.6) is 0 Å². The Kier molecular flexibility index (Phi) is 6.66. The molecule has 0 saturated heterocycles. The minimum absolute atomic E-state index is 0.273. The number of hydrogen-bond donors (Lipinski definition) is 1. The lowest BCUT2D eigenvalue weighted by Gasteiger charge is -2.25. The Morgan fingerprint density at radius 2 is 2.06 bits per heavy atom. The normalized spacial score (nSPS) is 14.5. The number of halogens is 2. The predicted octanol–water partition coefficient (Wildman–Crippen LogP) is 4.44. The van der Waals surface area contributed by atoms with Gasteiger partial charge in [0.15, 0.2) is 0 Å². The lowest BCUT2D eigenvalue weighted by atomic mass is 9.91. The van der Waals surface area contributed by atoms with E-state index in [4.69, 9.17) is 11.6 Å². The fraction of sp³-hybridized carbons (Fsp3) is 0.600. The summed E-state index contributed by atoms with van der Waals surface area (Å²) in [5.74, 6) is 0.321. The van der Waals surface area contributed by atoms with Gasteiger partial charge >= 0.3 is 0 Å². The average molecular weight is 272 g/mol. The minimum atomic E-state index is -0.273. The smallest absolute Gasteiger partial charge is 0.124 e. The standard InChI is InChI=1S/C15H23ClFN/c1-4-6-11(3)15(18-5-2)9-12-7-8-13(17)10-14(12)16/h7-8,10-11,15,18H,4-6,9H2,1-3H3. The highest BCUT2D eigenvalue weighted by atomic mass is 35.5. The van der Waals surface area contributed by atoms with Crippen molar-refractivity contribution in [2.45, 2.75) is 46.1 Å². The molecule has 0 aliphatic heterocycles. The second kappa shape index (κ2) is 7.75. The van der Waals surface area contributed by atoms with Crippen LogP contribution in [0.2, 0.25) is 5.02 Å². The van der Waals surface area contributed by atoms with Crippen molar-refractivity contribution in [1.82, 2.24) is 5.32 Å². The molecule has 0 aromatic heterocycles. The lowest BCUT2D eigenvalue weighted by molar-refractivity contribution is 0.358. The fourth-order valence-electron chi connectivity index (χ4n) is 2.32. The van der Waals surface area contributed by atoms with Crippen molar-refractivity contribution in [3.8, 4) is 0 Å². The van der Waals surface area contributed by atoms with Crippen LogP contribution in [0.4, 0.5) is 4.39 Å². The van der Waals surface area contributed by atoms with Crippen molar-refractivity contribution in [3.63, 3.8) is 0 Å². The molecule has 0 spiro atoms. The van der Waals surface area contributed by atoms with Crippen LogP contribution in [-0.2, 0) is 6.42 Å². The third-order valence-corrected chi connectivity index (χ3v) is 3.70. The molecule has 102 valence electrons. The van der Waals surface area contributed by atoms with Gasteiger partial charge in [-0.05, 0) is 43.0 Å². The highest BCUT2D eigenvalue weighted by Gasteiger charge is 2.17. The highest BCUT2D eigenvalue weighted by molar-refractivity contribution is 6.31. The average Bonchev–Trinajstić information content (AvgIpc) is 2.32. The number of benzene rings is 1. The summed E-state index contributed by atoms with van der Waals surface area (Å²) in [6.45, 7) is 7.51. The van der Waals surface area contributed by atoms with Crippen molar-refractivity contribution in [2.75, 3.05) is 6.54 Å². The molecule has 0 aliphatic rings. The van der Waals surface area contributed by atoms with E-state index in [1.54, 1.807) is 6.07 Å². The third kappa shape index (κ3) is 4.58. The molecular formula is C15H23ClFN. The number of hydrogen-bond acceptors (Lipinski definition) is 1. The van der Waals surface area contributed by atoms with Gasteiger partial charge in [-0.2, -0.15) is 0 Å². The second-order valence-corrected chi connectivity index (χ2v) is 5.28. The van der Waals surface area contributed by atoms with Gasteiger partial charge in [-0.3, -0.25) is 0 Å². The Morgan fingerprint density at radius 3 is 2.61 bits per heavy atom. The molecule has 18 heavy (non-hydrogen) atoms. The Balaban J connectivity index is 2.75. The van der Waals surface area contributed by atoms with Crippen LogP contribution in [0, 0.1) is 11.7 Å². The van der Waals surface area contributed by atoms with E-state index >= 15 is 0 Å². The Hall–Kier alpha value is -0.600. The van der Waals surface area contributed by atoms with Crippen LogP contribution in [-0.4, -0.2) is 12.6 Å².